The summed E-state index contributed by atoms with van der Waals surface area (Å²) >= 11 is 0. The molecule has 1 N–H and O–H groups in total. The van der Waals surface area contributed by atoms with Gasteiger partial charge in [0.15, 0.2) is 11.5 Å². The molecular formula is C21H25NO3. The molecule has 0 saturated heterocycles. The highest BCUT2D eigenvalue weighted by molar-refractivity contribution is 5.79. The lowest BCUT2D eigenvalue weighted by Crippen LogP contribution is -2.33. The Labute approximate surface area is 149 Å². The fraction of sp³-hybridized carbons (Fsp3) is 0.381. The normalized spacial score (nSPS) is 14.7. The van der Waals surface area contributed by atoms with E-state index in [-0.39, 0.29) is 11.3 Å². The second-order valence-electron chi connectivity index (χ2n) is 6.73. The minimum atomic E-state index is 0.0287. The van der Waals surface area contributed by atoms with Gasteiger partial charge in [0.1, 0.15) is 0 Å². The third kappa shape index (κ3) is 3.78. The van der Waals surface area contributed by atoms with Crippen molar-refractivity contribution < 1.29 is 14.3 Å². The number of rotatable bonds is 7. The maximum absolute atomic E-state index is 12.3. The molecule has 0 bridgehead atoms. The van der Waals surface area contributed by atoms with E-state index in [9.17, 15) is 4.79 Å². The van der Waals surface area contributed by atoms with Crippen molar-refractivity contribution in [3.63, 3.8) is 0 Å². The van der Waals surface area contributed by atoms with Crippen LogP contribution in [0, 0.1) is 6.92 Å². The van der Waals surface area contributed by atoms with Gasteiger partial charge in [0.05, 0.1) is 20.6 Å². The molecule has 1 aliphatic rings. The molecule has 0 spiro atoms. The molecule has 25 heavy (non-hydrogen) atoms. The lowest BCUT2D eigenvalue weighted by atomic mass is 9.95. The number of carbonyl (C=O) groups is 1. The summed E-state index contributed by atoms with van der Waals surface area (Å²) in [6.45, 7) is 2.70. The molecule has 3 rings (SSSR count). The lowest BCUT2D eigenvalue weighted by molar-refractivity contribution is -0.120. The quantitative estimate of drug-likeness (QED) is 0.841. The van der Waals surface area contributed by atoms with Gasteiger partial charge in [-0.1, -0.05) is 30.3 Å². The maximum atomic E-state index is 12.3. The molecule has 4 nitrogen and oxygen atoms in total. The van der Waals surface area contributed by atoms with Crippen molar-refractivity contribution in [1.82, 2.24) is 5.32 Å². The SMILES string of the molecule is COc1ccc(C2(CNC(=O)Cc3ccccc3C)CC2)cc1OC. The third-order valence-electron chi connectivity index (χ3n) is 5.09. The molecule has 2 aromatic carbocycles. The van der Waals surface area contributed by atoms with Crippen LogP contribution in [0.5, 0.6) is 11.5 Å². The summed E-state index contributed by atoms with van der Waals surface area (Å²) in [6.07, 6.45) is 2.58. The minimum absolute atomic E-state index is 0.0287. The molecule has 1 aliphatic carbocycles. The van der Waals surface area contributed by atoms with E-state index in [0.717, 1.165) is 35.5 Å². The van der Waals surface area contributed by atoms with Crippen LogP contribution in [0.2, 0.25) is 0 Å². The first-order valence-electron chi connectivity index (χ1n) is 8.62. The zero-order valence-corrected chi connectivity index (χ0v) is 15.1. The van der Waals surface area contributed by atoms with E-state index < -0.39 is 0 Å². The van der Waals surface area contributed by atoms with Gasteiger partial charge in [-0.05, 0) is 48.6 Å². The smallest absolute Gasteiger partial charge is 0.224 e. The average Bonchev–Trinajstić information content (AvgIpc) is 3.42. The molecule has 1 amide bonds. The van der Waals surface area contributed by atoms with E-state index in [4.69, 9.17) is 9.47 Å². The Bertz CT molecular complexity index is 765. The van der Waals surface area contributed by atoms with Crippen LogP contribution in [0.25, 0.3) is 0 Å². The summed E-state index contributed by atoms with van der Waals surface area (Å²) in [4.78, 5) is 12.3. The third-order valence-corrected chi connectivity index (χ3v) is 5.09. The predicted molar refractivity (Wildman–Crippen MR) is 98.4 cm³/mol. The summed E-state index contributed by atoms with van der Waals surface area (Å²) in [5, 5.41) is 3.11. The van der Waals surface area contributed by atoms with Gasteiger partial charge in [-0.15, -0.1) is 0 Å². The Morgan fingerprint density at radius 2 is 1.80 bits per heavy atom. The van der Waals surface area contributed by atoms with E-state index in [1.54, 1.807) is 14.2 Å². The van der Waals surface area contributed by atoms with Crippen LogP contribution in [0.4, 0.5) is 0 Å². The Balaban J connectivity index is 1.65. The number of carbonyl (C=O) groups excluding carboxylic acids is 1. The monoisotopic (exact) mass is 339 g/mol. The highest BCUT2D eigenvalue weighted by atomic mass is 16.5. The molecule has 2 aromatic rings. The van der Waals surface area contributed by atoms with Gasteiger partial charge < -0.3 is 14.8 Å². The topological polar surface area (TPSA) is 47.6 Å². The van der Waals surface area contributed by atoms with Gasteiger partial charge in [-0.25, -0.2) is 0 Å². The Hall–Kier alpha value is -2.49. The van der Waals surface area contributed by atoms with E-state index >= 15 is 0 Å². The van der Waals surface area contributed by atoms with Crippen LogP contribution in [-0.2, 0) is 16.6 Å². The first-order chi connectivity index (χ1) is 12.1. The summed E-state index contributed by atoms with van der Waals surface area (Å²) in [7, 11) is 3.28. The minimum Gasteiger partial charge on any atom is -0.493 e. The Morgan fingerprint density at radius 1 is 1.08 bits per heavy atom. The van der Waals surface area contributed by atoms with E-state index in [0.29, 0.717) is 13.0 Å². The molecule has 0 heterocycles. The highest BCUT2D eigenvalue weighted by Gasteiger charge is 2.44. The van der Waals surface area contributed by atoms with Crippen molar-refractivity contribution in [2.45, 2.75) is 31.6 Å². The van der Waals surface area contributed by atoms with Crippen LogP contribution in [0.3, 0.4) is 0 Å². The second-order valence-corrected chi connectivity index (χ2v) is 6.73. The van der Waals surface area contributed by atoms with Gasteiger partial charge in [0.2, 0.25) is 5.91 Å². The number of aryl methyl sites for hydroxylation is 1. The van der Waals surface area contributed by atoms with Crippen molar-refractivity contribution in [3.05, 3.63) is 59.2 Å². The van der Waals surface area contributed by atoms with Crippen molar-refractivity contribution in [1.29, 1.82) is 0 Å². The summed E-state index contributed by atoms with van der Waals surface area (Å²) < 4.78 is 10.7. The molecule has 0 aliphatic heterocycles. The van der Waals surface area contributed by atoms with E-state index in [1.165, 1.54) is 5.56 Å². The van der Waals surface area contributed by atoms with Gasteiger partial charge in [-0.3, -0.25) is 4.79 Å². The van der Waals surface area contributed by atoms with Crippen molar-refractivity contribution >= 4 is 5.91 Å². The number of amides is 1. The van der Waals surface area contributed by atoms with Crippen LogP contribution >= 0.6 is 0 Å². The molecular weight excluding hydrogens is 314 g/mol. The summed E-state index contributed by atoms with van der Waals surface area (Å²) in [6, 6.07) is 14.0. The molecule has 0 radical (unpaired) electrons. The zero-order chi connectivity index (χ0) is 17.9. The Morgan fingerprint density at radius 3 is 2.44 bits per heavy atom. The lowest BCUT2D eigenvalue weighted by Gasteiger charge is -2.19. The first kappa shape index (κ1) is 17.3. The molecule has 4 heteroatoms. The molecule has 0 unspecified atom stereocenters. The van der Waals surface area contributed by atoms with Gasteiger partial charge >= 0.3 is 0 Å². The average molecular weight is 339 g/mol. The van der Waals surface area contributed by atoms with Crippen molar-refractivity contribution in [3.8, 4) is 11.5 Å². The number of benzene rings is 2. The van der Waals surface area contributed by atoms with E-state index in [2.05, 4.69) is 11.4 Å². The fourth-order valence-corrected chi connectivity index (χ4v) is 3.20. The van der Waals surface area contributed by atoms with Crippen LogP contribution in [-0.4, -0.2) is 26.7 Å². The van der Waals surface area contributed by atoms with Crippen LogP contribution in [0.1, 0.15) is 29.5 Å². The van der Waals surface area contributed by atoms with Crippen molar-refractivity contribution in [2.75, 3.05) is 20.8 Å². The number of nitrogens with one attached hydrogen (secondary N) is 1. The zero-order valence-electron chi connectivity index (χ0n) is 15.1. The number of methoxy groups -OCH3 is 2. The fourth-order valence-electron chi connectivity index (χ4n) is 3.20. The van der Waals surface area contributed by atoms with Crippen LogP contribution < -0.4 is 14.8 Å². The number of ether oxygens (including phenoxy) is 2. The molecule has 132 valence electrons. The molecule has 0 aromatic heterocycles. The first-order valence-corrected chi connectivity index (χ1v) is 8.62. The van der Waals surface area contributed by atoms with Gasteiger partial charge in [0.25, 0.3) is 0 Å². The largest absolute Gasteiger partial charge is 0.493 e. The number of hydrogen-bond donors (Lipinski definition) is 1. The molecule has 1 saturated carbocycles. The number of hydrogen-bond acceptors (Lipinski definition) is 3. The highest BCUT2D eigenvalue weighted by Crippen LogP contribution is 2.49. The van der Waals surface area contributed by atoms with Gasteiger partial charge in [-0.2, -0.15) is 0 Å². The molecule has 0 atom stereocenters. The summed E-state index contributed by atoms with van der Waals surface area (Å²) in [5.74, 6) is 1.53. The second kappa shape index (κ2) is 7.18. The van der Waals surface area contributed by atoms with Gasteiger partial charge in [0, 0.05) is 12.0 Å². The van der Waals surface area contributed by atoms with Crippen LogP contribution in [0.15, 0.2) is 42.5 Å². The standard InChI is InChI=1S/C21H25NO3/c1-15-6-4-5-7-16(15)12-20(23)22-14-21(10-11-21)17-8-9-18(24-2)19(13-17)25-3/h4-9,13H,10-12,14H2,1-3H3,(H,22,23). The Kier molecular flexibility index (Phi) is 4.98. The van der Waals surface area contributed by atoms with E-state index in [1.807, 2.05) is 43.3 Å². The molecule has 1 fully saturated rings. The van der Waals surface area contributed by atoms with Crippen molar-refractivity contribution in [2.24, 2.45) is 0 Å². The maximum Gasteiger partial charge on any atom is 0.224 e. The predicted octanol–water partition coefficient (Wildman–Crippen LogP) is 3.40. The summed E-state index contributed by atoms with van der Waals surface area (Å²) in [5.41, 5.74) is 3.46.